The molecule has 6 heteroatoms. The Morgan fingerprint density at radius 3 is 2.53 bits per heavy atom. The van der Waals surface area contributed by atoms with Crippen molar-refractivity contribution in [1.29, 1.82) is 0 Å². The van der Waals surface area contributed by atoms with Gasteiger partial charge in [0.1, 0.15) is 0 Å². The molecule has 0 bridgehead atoms. The van der Waals surface area contributed by atoms with Crippen LogP contribution in [-0.4, -0.2) is 20.2 Å². The van der Waals surface area contributed by atoms with Crippen molar-refractivity contribution in [2.45, 2.75) is 11.8 Å². The van der Waals surface area contributed by atoms with E-state index in [0.29, 0.717) is 6.61 Å². The Balaban J connectivity index is 2.81. The highest BCUT2D eigenvalue weighted by Crippen LogP contribution is 2.06. The minimum absolute atomic E-state index is 0.138. The molecule has 0 saturated heterocycles. The van der Waals surface area contributed by atoms with Crippen LogP contribution in [0.4, 0.5) is 0 Å². The molecule has 1 rings (SSSR count). The molecule has 0 amide bonds. The van der Waals surface area contributed by atoms with Crippen molar-refractivity contribution in [3.63, 3.8) is 0 Å². The SMILES string of the molecule is CCOC(=S)NS(=O)(=O)c1ccccc1. The van der Waals surface area contributed by atoms with Crippen molar-refractivity contribution in [1.82, 2.24) is 4.72 Å². The van der Waals surface area contributed by atoms with Crippen LogP contribution in [0, 0.1) is 0 Å². The van der Waals surface area contributed by atoms with E-state index in [0.717, 1.165) is 0 Å². The zero-order valence-electron chi connectivity index (χ0n) is 8.14. The molecule has 0 aliphatic rings. The van der Waals surface area contributed by atoms with E-state index < -0.39 is 10.0 Å². The molecule has 1 aromatic carbocycles. The van der Waals surface area contributed by atoms with Crippen LogP contribution in [0.25, 0.3) is 0 Å². The molecule has 0 heterocycles. The minimum atomic E-state index is -3.60. The van der Waals surface area contributed by atoms with Crippen LogP contribution in [0.15, 0.2) is 35.2 Å². The Kier molecular flexibility index (Phi) is 4.05. The number of benzene rings is 1. The van der Waals surface area contributed by atoms with E-state index in [4.69, 9.17) is 4.74 Å². The van der Waals surface area contributed by atoms with Gasteiger partial charge in [0.05, 0.1) is 11.5 Å². The molecule has 82 valence electrons. The van der Waals surface area contributed by atoms with Gasteiger partial charge < -0.3 is 4.74 Å². The zero-order chi connectivity index (χ0) is 11.3. The number of ether oxygens (including phenoxy) is 1. The number of sulfonamides is 1. The Bertz CT molecular complexity index is 428. The van der Waals surface area contributed by atoms with Gasteiger partial charge in [-0.2, -0.15) is 0 Å². The lowest BCUT2D eigenvalue weighted by molar-refractivity contribution is 0.327. The molecule has 0 atom stereocenters. The molecule has 0 radical (unpaired) electrons. The van der Waals surface area contributed by atoms with Crippen LogP contribution in [0.2, 0.25) is 0 Å². The summed E-state index contributed by atoms with van der Waals surface area (Å²) in [5, 5.41) is -0.138. The van der Waals surface area contributed by atoms with E-state index in [9.17, 15) is 8.42 Å². The van der Waals surface area contributed by atoms with Gasteiger partial charge in [0.15, 0.2) is 0 Å². The fraction of sp³-hybridized carbons (Fsp3) is 0.222. The maximum absolute atomic E-state index is 11.6. The second-order valence-electron chi connectivity index (χ2n) is 2.64. The fourth-order valence-corrected chi connectivity index (χ4v) is 2.29. The largest absolute Gasteiger partial charge is 0.471 e. The summed E-state index contributed by atoms with van der Waals surface area (Å²) < 4.78 is 30.3. The minimum Gasteiger partial charge on any atom is -0.471 e. The predicted molar refractivity (Wildman–Crippen MR) is 61.0 cm³/mol. The second-order valence-corrected chi connectivity index (χ2v) is 4.69. The first-order chi connectivity index (χ1) is 7.06. The Hall–Kier alpha value is -1.14. The molecule has 1 aromatic rings. The molecular weight excluding hydrogens is 234 g/mol. The fourth-order valence-electron chi connectivity index (χ4n) is 0.929. The van der Waals surface area contributed by atoms with Crippen molar-refractivity contribution < 1.29 is 13.2 Å². The summed E-state index contributed by atoms with van der Waals surface area (Å²) in [4.78, 5) is 0.159. The Morgan fingerprint density at radius 1 is 1.40 bits per heavy atom. The number of rotatable bonds is 3. The van der Waals surface area contributed by atoms with Crippen molar-refractivity contribution in [3.8, 4) is 0 Å². The molecule has 0 aromatic heterocycles. The standard InChI is InChI=1S/C9H11NO3S2/c1-2-13-9(14)10-15(11,12)8-6-4-3-5-7-8/h3-7H,2H2,1H3,(H,10,14). The van der Waals surface area contributed by atoms with Crippen LogP contribution in [-0.2, 0) is 14.8 Å². The van der Waals surface area contributed by atoms with Crippen LogP contribution in [0.5, 0.6) is 0 Å². The molecule has 0 spiro atoms. The quantitative estimate of drug-likeness (QED) is 0.815. The van der Waals surface area contributed by atoms with E-state index in [2.05, 4.69) is 16.9 Å². The lowest BCUT2D eigenvalue weighted by Crippen LogP contribution is -2.30. The maximum Gasteiger partial charge on any atom is 0.270 e. The van der Waals surface area contributed by atoms with E-state index in [1.807, 2.05) is 0 Å². The third-order valence-corrected chi connectivity index (χ3v) is 3.24. The number of hydrogen-bond acceptors (Lipinski definition) is 4. The molecule has 0 unspecified atom stereocenters. The molecule has 0 aliphatic heterocycles. The highest BCUT2D eigenvalue weighted by molar-refractivity contribution is 7.91. The maximum atomic E-state index is 11.6. The van der Waals surface area contributed by atoms with Crippen LogP contribution in [0.1, 0.15) is 6.92 Å². The van der Waals surface area contributed by atoms with Gasteiger partial charge in [0.2, 0.25) is 0 Å². The van der Waals surface area contributed by atoms with Gasteiger partial charge in [0.25, 0.3) is 15.2 Å². The normalized spacial score (nSPS) is 10.7. The highest BCUT2D eigenvalue weighted by Gasteiger charge is 2.14. The van der Waals surface area contributed by atoms with Gasteiger partial charge in [-0.25, -0.2) is 13.1 Å². The molecule has 0 fully saturated rings. The summed E-state index contributed by atoms with van der Waals surface area (Å²) in [5.74, 6) is 0. The van der Waals surface area contributed by atoms with Crippen LogP contribution >= 0.6 is 12.2 Å². The van der Waals surface area contributed by atoms with Gasteiger partial charge in [0, 0.05) is 0 Å². The number of nitrogens with one attached hydrogen (secondary N) is 1. The highest BCUT2D eigenvalue weighted by atomic mass is 32.2. The van der Waals surface area contributed by atoms with E-state index >= 15 is 0 Å². The third kappa shape index (κ3) is 3.49. The van der Waals surface area contributed by atoms with E-state index in [-0.39, 0.29) is 10.1 Å². The van der Waals surface area contributed by atoms with Gasteiger partial charge in [-0.15, -0.1) is 0 Å². The van der Waals surface area contributed by atoms with Crippen LogP contribution in [0.3, 0.4) is 0 Å². The summed E-state index contributed by atoms with van der Waals surface area (Å²) in [7, 11) is -3.60. The topological polar surface area (TPSA) is 55.4 Å². The average Bonchev–Trinajstić information content (AvgIpc) is 2.18. The van der Waals surface area contributed by atoms with Gasteiger partial charge in [-0.3, -0.25) is 0 Å². The molecular formula is C9H11NO3S2. The monoisotopic (exact) mass is 245 g/mol. The summed E-state index contributed by atoms with van der Waals surface area (Å²) in [6, 6.07) is 7.98. The van der Waals surface area contributed by atoms with Crippen molar-refractivity contribution in [2.75, 3.05) is 6.61 Å². The summed E-state index contributed by atoms with van der Waals surface area (Å²) >= 11 is 4.69. The van der Waals surface area contributed by atoms with Crippen LogP contribution < -0.4 is 4.72 Å². The first-order valence-electron chi connectivity index (χ1n) is 4.31. The number of thiocarbonyl (C=S) groups is 1. The molecule has 15 heavy (non-hydrogen) atoms. The molecule has 4 nitrogen and oxygen atoms in total. The molecule has 0 saturated carbocycles. The summed E-state index contributed by atoms with van der Waals surface area (Å²) in [6.45, 7) is 2.05. The van der Waals surface area contributed by atoms with Gasteiger partial charge >= 0.3 is 0 Å². The van der Waals surface area contributed by atoms with Gasteiger partial charge in [-0.05, 0) is 31.3 Å². The Morgan fingerprint density at radius 2 is 2.00 bits per heavy atom. The molecule has 0 aliphatic carbocycles. The zero-order valence-corrected chi connectivity index (χ0v) is 9.77. The van der Waals surface area contributed by atoms with Crippen molar-refractivity contribution >= 4 is 27.4 Å². The van der Waals surface area contributed by atoms with Crippen molar-refractivity contribution in [3.05, 3.63) is 30.3 Å². The summed E-state index contributed by atoms with van der Waals surface area (Å²) in [6.07, 6.45) is 0. The van der Waals surface area contributed by atoms with E-state index in [1.54, 1.807) is 25.1 Å². The van der Waals surface area contributed by atoms with Crippen molar-refractivity contribution in [2.24, 2.45) is 0 Å². The number of hydrogen-bond donors (Lipinski definition) is 1. The lowest BCUT2D eigenvalue weighted by atomic mass is 10.4. The lowest BCUT2D eigenvalue weighted by Gasteiger charge is -2.08. The predicted octanol–water partition coefficient (Wildman–Crippen LogP) is 1.29. The Labute approximate surface area is 94.3 Å². The second kappa shape index (κ2) is 5.09. The third-order valence-electron chi connectivity index (χ3n) is 1.55. The van der Waals surface area contributed by atoms with Gasteiger partial charge in [-0.1, -0.05) is 18.2 Å². The summed E-state index contributed by atoms with van der Waals surface area (Å²) in [5.41, 5.74) is 0. The first kappa shape index (κ1) is 11.9. The average molecular weight is 245 g/mol. The van der Waals surface area contributed by atoms with E-state index in [1.165, 1.54) is 12.1 Å². The smallest absolute Gasteiger partial charge is 0.270 e. The first-order valence-corrected chi connectivity index (χ1v) is 6.20. The molecule has 1 N–H and O–H groups in total.